The van der Waals surface area contributed by atoms with Crippen molar-refractivity contribution in [3.63, 3.8) is 0 Å². The minimum atomic E-state index is -0.871. The molecule has 0 aromatic heterocycles. The number of hydrogen-bond acceptors (Lipinski definition) is 2. The molecule has 18 aromatic rings. The molecule has 0 saturated carbocycles. The van der Waals surface area contributed by atoms with Gasteiger partial charge in [0.25, 0.3) is 0 Å². The first-order valence-electron chi connectivity index (χ1n) is 44.0. The molecular formula is C120H100O2P6. The lowest BCUT2D eigenvalue weighted by Crippen LogP contribution is -2.28. The molecule has 0 radical (unpaired) electrons. The van der Waals surface area contributed by atoms with Gasteiger partial charge in [0.15, 0.2) is 0 Å². The van der Waals surface area contributed by atoms with Gasteiger partial charge < -0.3 is 9.47 Å². The fourth-order valence-corrected chi connectivity index (χ4v) is 33.2. The number of fused-ring (bicyclic) bond motifs is 2. The van der Waals surface area contributed by atoms with Gasteiger partial charge >= 0.3 is 0 Å². The van der Waals surface area contributed by atoms with Gasteiger partial charge in [0.1, 0.15) is 5.75 Å². The Morgan fingerprint density at radius 1 is 0.227 bits per heavy atom. The number of benzene rings is 18. The van der Waals surface area contributed by atoms with E-state index in [0.717, 1.165) is 24.2 Å². The number of rotatable bonds is 23. The maximum atomic E-state index is 6.31. The average Bonchev–Trinajstić information content (AvgIpc) is 0.730. The highest BCUT2D eigenvalue weighted by molar-refractivity contribution is 7.82. The molecule has 2 unspecified atom stereocenters. The third-order valence-corrected chi connectivity index (χ3v) is 38.7. The van der Waals surface area contributed by atoms with E-state index in [2.05, 4.69) is 511 Å². The Balaban J connectivity index is 0.000000130. The van der Waals surface area contributed by atoms with Crippen LogP contribution in [-0.2, 0) is 4.74 Å². The lowest BCUT2D eigenvalue weighted by molar-refractivity contribution is 0.150. The van der Waals surface area contributed by atoms with Gasteiger partial charge in [-0.2, -0.15) is 0 Å². The second-order valence-electron chi connectivity index (χ2n) is 31.7. The van der Waals surface area contributed by atoms with E-state index >= 15 is 0 Å². The first-order chi connectivity index (χ1) is 63.4. The lowest BCUT2D eigenvalue weighted by Gasteiger charge is -2.33. The Morgan fingerprint density at radius 3 is 0.789 bits per heavy atom. The minimum Gasteiger partial charge on any atom is -0.496 e. The highest BCUT2D eigenvalue weighted by atomic mass is 31.1. The molecule has 0 heterocycles. The van der Waals surface area contributed by atoms with Gasteiger partial charge in [0, 0.05) is 18.2 Å². The topological polar surface area (TPSA) is 18.5 Å². The normalized spacial score (nSPS) is 13.7. The molecule has 2 atom stereocenters. The molecule has 2 nitrogen and oxygen atoms in total. The molecule has 0 bridgehead atoms. The zero-order valence-electron chi connectivity index (χ0n) is 72.4. The van der Waals surface area contributed by atoms with Crippen molar-refractivity contribution >= 4 is 165 Å². The molecule has 0 N–H and O–H groups in total. The lowest BCUT2D eigenvalue weighted by atomic mass is 9.86. The van der Waals surface area contributed by atoms with Gasteiger partial charge in [-0.05, 0) is 224 Å². The molecule has 8 heteroatoms. The van der Waals surface area contributed by atoms with E-state index in [1.165, 1.54) is 150 Å². The molecule has 18 aromatic carbocycles. The first kappa shape index (κ1) is 86.5. The van der Waals surface area contributed by atoms with Gasteiger partial charge in [-0.1, -0.05) is 498 Å². The number of methoxy groups -OCH3 is 2. The molecule has 2 aliphatic rings. The summed E-state index contributed by atoms with van der Waals surface area (Å²) in [5.41, 5.74) is 9.42. The predicted octanol–water partition coefficient (Wildman–Crippen LogP) is 24.6. The molecule has 0 saturated heterocycles. The van der Waals surface area contributed by atoms with Crippen molar-refractivity contribution in [2.45, 2.75) is 32.8 Å². The average molecular weight is 1760 g/mol. The number of hydrogen-bond donors (Lipinski definition) is 0. The highest BCUT2D eigenvalue weighted by Crippen LogP contribution is 2.56. The zero-order valence-corrected chi connectivity index (χ0v) is 77.8. The number of aryl methyl sites for hydroxylation is 1. The molecule has 20 rings (SSSR count). The number of ether oxygens (including phenoxy) is 2. The predicted molar refractivity (Wildman–Crippen MR) is 565 cm³/mol. The van der Waals surface area contributed by atoms with Crippen LogP contribution in [0.4, 0.5) is 0 Å². The van der Waals surface area contributed by atoms with E-state index in [1.807, 2.05) is 7.11 Å². The Kier molecular flexibility index (Phi) is 28.5. The fourth-order valence-electron chi connectivity index (χ4n) is 18.0. The van der Waals surface area contributed by atoms with E-state index in [4.69, 9.17) is 9.47 Å². The van der Waals surface area contributed by atoms with Crippen LogP contribution in [0.1, 0.15) is 36.5 Å². The largest absolute Gasteiger partial charge is 0.496 e. The Bertz CT molecular complexity index is 6450. The van der Waals surface area contributed by atoms with E-state index in [-0.39, 0.29) is 6.10 Å². The van der Waals surface area contributed by atoms with Crippen molar-refractivity contribution in [1.29, 1.82) is 0 Å². The van der Waals surface area contributed by atoms with Crippen LogP contribution >= 0.6 is 47.5 Å². The van der Waals surface area contributed by atoms with E-state index in [0.29, 0.717) is 5.92 Å². The summed E-state index contributed by atoms with van der Waals surface area (Å²) < 4.78 is 12.5. The van der Waals surface area contributed by atoms with Crippen LogP contribution in [0.2, 0.25) is 0 Å². The van der Waals surface area contributed by atoms with Crippen molar-refractivity contribution in [2.75, 3.05) is 14.2 Å². The molecule has 622 valence electrons. The quantitative estimate of drug-likeness (QED) is 0.0594. The van der Waals surface area contributed by atoms with E-state index < -0.39 is 47.5 Å². The summed E-state index contributed by atoms with van der Waals surface area (Å²) in [4.78, 5) is 0. The van der Waals surface area contributed by atoms with Crippen LogP contribution in [0.15, 0.2) is 508 Å². The van der Waals surface area contributed by atoms with Crippen LogP contribution < -0.4 is 89.6 Å². The summed E-state index contributed by atoms with van der Waals surface area (Å²) in [6, 6.07) is 173. The Hall–Kier alpha value is -12.2. The van der Waals surface area contributed by atoms with Gasteiger partial charge in [0.05, 0.1) is 13.2 Å². The van der Waals surface area contributed by atoms with Gasteiger partial charge in [-0.15, -0.1) is 0 Å². The summed E-state index contributed by atoms with van der Waals surface area (Å²) in [5, 5.41) is 29.7. The van der Waals surface area contributed by atoms with Gasteiger partial charge in [-0.3, -0.25) is 0 Å². The Morgan fingerprint density at radius 2 is 0.484 bits per heavy atom. The van der Waals surface area contributed by atoms with Crippen LogP contribution in [0.3, 0.4) is 0 Å². The molecular weight excluding hydrogens is 1660 g/mol. The molecule has 0 aliphatic heterocycles. The van der Waals surface area contributed by atoms with Crippen LogP contribution in [0, 0.1) is 12.8 Å². The van der Waals surface area contributed by atoms with Crippen LogP contribution in [-0.4, -0.2) is 20.3 Å². The van der Waals surface area contributed by atoms with Crippen molar-refractivity contribution in [3.05, 3.63) is 525 Å². The molecule has 0 fully saturated rings. The van der Waals surface area contributed by atoms with Crippen molar-refractivity contribution < 1.29 is 9.47 Å². The van der Waals surface area contributed by atoms with Gasteiger partial charge in [0.2, 0.25) is 0 Å². The van der Waals surface area contributed by atoms with E-state index in [1.54, 1.807) is 7.11 Å². The SMILES string of the molecule is COc1cccc(P(c2ccccc2)c2ccccc2)c1C1=C(P(c2ccccc2)c2ccccc2)C=CCC1OC.Cc1cccc(P(c2ccccc2)c2ccccc2)c1C1=C(P(c2ccccc2)c2ccccc2)C=CCC1C.c1ccc(P(c2ccccc2)c2ccc3ccccc3c2-c2c(P(c3ccccc3)c3ccccc3)ccc3ccccc23)cc1. The summed E-state index contributed by atoms with van der Waals surface area (Å²) in [6.07, 6.45) is 11.3. The minimum absolute atomic E-state index is 0.0964. The summed E-state index contributed by atoms with van der Waals surface area (Å²) in [7, 11) is -1.25. The van der Waals surface area contributed by atoms with Crippen molar-refractivity contribution in [1.82, 2.24) is 0 Å². The maximum Gasteiger partial charge on any atom is 0.127 e. The van der Waals surface area contributed by atoms with E-state index in [9.17, 15) is 0 Å². The fraction of sp³-hybridized carbons (Fsp3) is 0.0667. The third kappa shape index (κ3) is 19.0. The summed E-state index contributed by atoms with van der Waals surface area (Å²) >= 11 is 0. The molecule has 0 amide bonds. The monoisotopic (exact) mass is 1760 g/mol. The first-order valence-corrected chi connectivity index (χ1v) is 52.0. The molecule has 0 spiro atoms. The highest BCUT2D eigenvalue weighted by Gasteiger charge is 2.36. The van der Waals surface area contributed by atoms with Crippen LogP contribution in [0.25, 0.3) is 43.8 Å². The smallest absolute Gasteiger partial charge is 0.127 e. The molecule has 128 heavy (non-hydrogen) atoms. The van der Waals surface area contributed by atoms with Gasteiger partial charge in [-0.25, -0.2) is 0 Å². The summed E-state index contributed by atoms with van der Waals surface area (Å²) in [6.45, 7) is 4.73. The summed E-state index contributed by atoms with van der Waals surface area (Å²) in [5.74, 6) is 1.31. The standard InChI is InChI=1S/C44H32P2.C38H34O2P2.C38H34P2/c1-5-19-35(20-6-1)45(36-21-7-2-8-22-36)41-31-29-33-17-13-15-27-39(33)43(41)44-40-28-16-14-18-34(40)30-32-42(44)46(37-23-9-3-10-24-37)38-25-11-4-12-26-38;1-39-33-25-15-27-35(41(29-17-7-3-8-18-29)30-19-9-4-10-20-30)37(33)38-34(40-2)26-16-28-36(38)42(31-21-11-5-12-22-31)32-23-13-6-14-24-32;1-29-17-15-27-35(39(31-19-7-3-8-20-31)32-21-9-4-10-22-32)37(29)38-30(2)18-16-28-36(38)40(33-23-11-5-12-24-33)34-25-13-6-14-26-34/h1-32H;3-25,27-28,34H,26H2,1-2H3;3-17,19-28,30H,18H2,1-2H3. The third-order valence-electron chi connectivity index (χ3n) is 23.7. The maximum absolute atomic E-state index is 6.31. The Labute approximate surface area is 763 Å². The van der Waals surface area contributed by atoms with Crippen molar-refractivity contribution in [3.8, 4) is 16.9 Å². The van der Waals surface area contributed by atoms with Crippen LogP contribution in [0.5, 0.6) is 5.75 Å². The van der Waals surface area contributed by atoms with Crippen molar-refractivity contribution in [2.24, 2.45) is 5.92 Å². The molecule has 2 aliphatic carbocycles. The second kappa shape index (κ2) is 42.1. The number of allylic oxidation sites excluding steroid dienone is 6. The zero-order chi connectivity index (χ0) is 86.8. The second-order valence-corrected chi connectivity index (χ2v) is 44.8.